The Kier molecular flexibility index (Phi) is 8.94. The van der Waals surface area contributed by atoms with Gasteiger partial charge in [-0.25, -0.2) is 4.21 Å². The molecule has 2 aromatic rings. The average molecular weight is 504 g/mol. The number of benzene rings is 1. The molecular weight excluding hydrogens is 470 g/mol. The fourth-order valence-corrected chi connectivity index (χ4v) is 10.3. The molecule has 1 aromatic carbocycles. The van der Waals surface area contributed by atoms with Crippen LogP contribution in [0.1, 0.15) is 38.1 Å². The standard InChI is InChI=1S/C22H34ClNO4S2Si/c1-21(2,3)31(5,6)24-30(23,26)20-13-12-19(29-20)22(4,25)17-28-15-14-27-16-18-10-8-7-9-11-18/h7-13,25H,14-17H2,1-6H3. The van der Waals surface area contributed by atoms with Crippen LogP contribution in [0, 0.1) is 0 Å². The summed E-state index contributed by atoms with van der Waals surface area (Å²) in [5, 5.41) is 10.8. The molecule has 1 N–H and O–H groups in total. The van der Waals surface area contributed by atoms with Crippen molar-refractivity contribution >= 4 is 39.2 Å². The van der Waals surface area contributed by atoms with Crippen molar-refractivity contribution in [3.63, 3.8) is 0 Å². The van der Waals surface area contributed by atoms with Gasteiger partial charge in [0.15, 0.2) is 17.2 Å². The lowest BCUT2D eigenvalue weighted by Crippen LogP contribution is -2.35. The van der Waals surface area contributed by atoms with Gasteiger partial charge in [0.05, 0.1) is 26.4 Å². The first-order valence-corrected chi connectivity index (χ1v) is 16.4. The largest absolute Gasteiger partial charge is 0.382 e. The minimum atomic E-state index is -3.04. The Morgan fingerprint density at radius 3 is 2.29 bits per heavy atom. The van der Waals surface area contributed by atoms with Crippen molar-refractivity contribution < 1.29 is 18.8 Å². The molecule has 0 amide bonds. The average Bonchev–Trinajstić information content (AvgIpc) is 3.16. The van der Waals surface area contributed by atoms with Gasteiger partial charge in [-0.3, -0.25) is 4.03 Å². The molecule has 0 fully saturated rings. The first-order chi connectivity index (χ1) is 14.2. The maximum atomic E-state index is 13.2. The lowest BCUT2D eigenvalue weighted by Gasteiger charge is -2.32. The summed E-state index contributed by atoms with van der Waals surface area (Å²) in [6, 6.07) is 13.4. The molecule has 5 nitrogen and oxygen atoms in total. The Balaban J connectivity index is 1.93. The summed E-state index contributed by atoms with van der Waals surface area (Å²) in [4.78, 5) is 0.645. The third-order valence-corrected chi connectivity index (χ3v) is 15.9. The summed E-state index contributed by atoms with van der Waals surface area (Å²) >= 11 is 1.22. The molecule has 0 radical (unpaired) electrons. The lowest BCUT2D eigenvalue weighted by atomic mass is 10.1. The van der Waals surface area contributed by atoms with Crippen molar-refractivity contribution in [1.29, 1.82) is 0 Å². The van der Waals surface area contributed by atoms with Crippen LogP contribution in [0.3, 0.4) is 0 Å². The van der Waals surface area contributed by atoms with E-state index < -0.39 is 22.8 Å². The first kappa shape index (κ1) is 26.5. The number of thiophene rings is 1. The maximum Gasteiger partial charge on any atom is 0.194 e. The summed E-state index contributed by atoms with van der Waals surface area (Å²) in [7, 11) is 1.17. The van der Waals surface area contributed by atoms with Crippen molar-refractivity contribution in [3.8, 4) is 0 Å². The molecule has 0 aliphatic heterocycles. The first-order valence-electron chi connectivity index (χ1n) is 10.2. The summed E-state index contributed by atoms with van der Waals surface area (Å²) in [5.41, 5.74) is -0.112. The van der Waals surface area contributed by atoms with E-state index >= 15 is 0 Å². The molecule has 0 bridgehead atoms. The van der Waals surface area contributed by atoms with Gasteiger partial charge in [-0.2, -0.15) is 0 Å². The van der Waals surface area contributed by atoms with E-state index in [-0.39, 0.29) is 11.6 Å². The zero-order valence-corrected chi connectivity index (χ0v) is 22.6. The normalized spacial score (nSPS) is 16.5. The number of aliphatic hydroxyl groups is 1. The summed E-state index contributed by atoms with van der Waals surface area (Å²) < 4.78 is 29.5. The quantitative estimate of drug-likeness (QED) is 0.239. The number of hydrogen-bond donors (Lipinski definition) is 1. The van der Waals surface area contributed by atoms with Crippen molar-refractivity contribution in [2.45, 2.75) is 62.2 Å². The molecule has 174 valence electrons. The van der Waals surface area contributed by atoms with Crippen LogP contribution < -0.4 is 0 Å². The third-order valence-electron chi connectivity index (χ3n) is 5.41. The van der Waals surface area contributed by atoms with Crippen LogP contribution in [0.15, 0.2) is 50.7 Å². The van der Waals surface area contributed by atoms with Crippen molar-refractivity contribution in [1.82, 2.24) is 0 Å². The van der Waals surface area contributed by atoms with E-state index in [1.54, 1.807) is 19.1 Å². The number of hydrogen-bond acceptors (Lipinski definition) is 6. The van der Waals surface area contributed by atoms with Gasteiger partial charge >= 0.3 is 0 Å². The van der Waals surface area contributed by atoms with Gasteiger partial charge in [0.1, 0.15) is 9.81 Å². The molecule has 2 rings (SSSR count). The zero-order chi connectivity index (χ0) is 23.3. The Hall–Kier alpha value is -0.743. The SMILES string of the molecule is CC(O)(COCCOCc1ccccc1)c1ccc(S(=O)(Cl)=N[Si](C)(C)C(C)(C)C)s1. The van der Waals surface area contributed by atoms with Gasteiger partial charge in [0.25, 0.3) is 0 Å². The third kappa shape index (κ3) is 7.66. The van der Waals surface area contributed by atoms with Gasteiger partial charge in [-0.1, -0.05) is 51.1 Å². The van der Waals surface area contributed by atoms with Crippen LogP contribution in [-0.2, 0) is 30.6 Å². The Bertz CT molecular complexity index is 961. The van der Waals surface area contributed by atoms with Crippen LogP contribution in [0.2, 0.25) is 18.1 Å². The highest BCUT2D eigenvalue weighted by Gasteiger charge is 2.38. The second-order valence-electron chi connectivity index (χ2n) is 9.34. The van der Waals surface area contributed by atoms with E-state index in [2.05, 4.69) is 37.9 Å². The molecule has 31 heavy (non-hydrogen) atoms. The lowest BCUT2D eigenvalue weighted by molar-refractivity contribution is -0.0508. The molecule has 2 unspecified atom stereocenters. The molecule has 0 saturated carbocycles. The molecule has 0 aliphatic rings. The number of rotatable bonds is 10. The van der Waals surface area contributed by atoms with E-state index in [1.165, 1.54) is 11.3 Å². The molecule has 0 saturated heterocycles. The Morgan fingerprint density at radius 1 is 1.06 bits per heavy atom. The van der Waals surface area contributed by atoms with E-state index in [9.17, 15) is 9.32 Å². The van der Waals surface area contributed by atoms with Gasteiger partial charge in [0.2, 0.25) is 0 Å². The fraction of sp³-hybridized carbons (Fsp3) is 0.545. The van der Waals surface area contributed by atoms with Gasteiger partial charge in [-0.05, 0) is 42.8 Å². The second-order valence-corrected chi connectivity index (χ2v) is 18.6. The molecule has 9 heteroatoms. The topological polar surface area (TPSA) is 68.1 Å². The molecular formula is C22H34ClNO4S2Si. The fourth-order valence-electron chi connectivity index (χ4n) is 2.44. The highest BCUT2D eigenvalue weighted by molar-refractivity contribution is 8.17. The van der Waals surface area contributed by atoms with E-state index in [0.717, 1.165) is 5.56 Å². The summed E-state index contributed by atoms with van der Waals surface area (Å²) in [6.07, 6.45) is 0. The van der Waals surface area contributed by atoms with Crippen molar-refractivity contribution in [2.24, 2.45) is 4.03 Å². The summed E-state index contributed by atoms with van der Waals surface area (Å²) in [6.45, 7) is 13.5. The van der Waals surface area contributed by atoms with Crippen LogP contribution in [0.25, 0.3) is 0 Å². The maximum absolute atomic E-state index is 13.2. The predicted molar refractivity (Wildman–Crippen MR) is 133 cm³/mol. The van der Waals surface area contributed by atoms with Gasteiger partial charge < -0.3 is 14.6 Å². The highest BCUT2D eigenvalue weighted by Crippen LogP contribution is 2.40. The minimum absolute atomic E-state index is 0.0629. The van der Waals surface area contributed by atoms with Crippen molar-refractivity contribution in [2.75, 3.05) is 19.8 Å². The minimum Gasteiger partial charge on any atom is -0.382 e. The van der Waals surface area contributed by atoms with E-state index in [1.807, 2.05) is 30.3 Å². The van der Waals surface area contributed by atoms with E-state index in [0.29, 0.717) is 28.9 Å². The van der Waals surface area contributed by atoms with E-state index in [4.69, 9.17) is 20.2 Å². The Morgan fingerprint density at radius 2 is 1.68 bits per heavy atom. The molecule has 0 spiro atoms. The van der Waals surface area contributed by atoms with Gasteiger partial charge in [0, 0.05) is 15.6 Å². The predicted octanol–water partition coefficient (Wildman–Crippen LogP) is 6.17. The Labute approximate surface area is 196 Å². The van der Waals surface area contributed by atoms with Crippen LogP contribution >= 0.6 is 22.0 Å². The monoisotopic (exact) mass is 503 g/mol. The smallest absolute Gasteiger partial charge is 0.194 e. The van der Waals surface area contributed by atoms with Gasteiger partial charge in [-0.15, -0.1) is 11.3 Å². The van der Waals surface area contributed by atoms with Crippen molar-refractivity contribution in [3.05, 3.63) is 52.9 Å². The van der Waals surface area contributed by atoms with Crippen LogP contribution in [0.5, 0.6) is 0 Å². The van der Waals surface area contributed by atoms with Crippen LogP contribution in [-0.4, -0.2) is 37.4 Å². The molecule has 1 aromatic heterocycles. The zero-order valence-electron chi connectivity index (χ0n) is 19.2. The highest BCUT2D eigenvalue weighted by atomic mass is 35.7. The summed E-state index contributed by atoms with van der Waals surface area (Å²) in [5.74, 6) is 0. The number of ether oxygens (including phenoxy) is 2. The number of nitrogens with zero attached hydrogens (tertiary/aromatic N) is 1. The molecule has 0 aliphatic carbocycles. The van der Waals surface area contributed by atoms with Crippen LogP contribution in [0.4, 0.5) is 0 Å². The number of halogens is 1. The molecule has 2 atom stereocenters. The molecule has 1 heterocycles. The second kappa shape index (κ2) is 10.5.